The Labute approximate surface area is 322 Å². The number of aromatic nitrogens is 2. The van der Waals surface area contributed by atoms with E-state index >= 15 is 0 Å². The number of hydrogen-bond acceptors (Lipinski definition) is 1. The Kier molecular flexibility index (Phi) is 8.91. The van der Waals surface area contributed by atoms with Gasteiger partial charge in [-0.05, 0) is 90.3 Å². The summed E-state index contributed by atoms with van der Waals surface area (Å²) in [7, 11) is 0. The fourth-order valence-electron chi connectivity index (χ4n) is 7.72. The average Bonchev–Trinajstić information content (AvgIpc) is 3.65. The maximum atomic E-state index is 5.10. The molecule has 1 aromatic heterocycles. The van der Waals surface area contributed by atoms with E-state index in [4.69, 9.17) is 11.6 Å². The Morgan fingerprint density at radius 2 is 1.04 bits per heavy atom. The zero-order valence-corrected chi connectivity index (χ0v) is 30.4. The molecule has 0 amide bonds. The molecule has 0 saturated carbocycles. The van der Waals surface area contributed by atoms with E-state index in [9.17, 15) is 0 Å². The van der Waals surface area contributed by atoms with Gasteiger partial charge in [0, 0.05) is 11.3 Å². The van der Waals surface area contributed by atoms with Gasteiger partial charge in [0.05, 0.1) is 11.0 Å². The third-order valence-electron chi connectivity index (χ3n) is 10.4. The number of rotatable bonds is 7. The highest BCUT2D eigenvalue weighted by Crippen LogP contribution is 2.37. The monoisotopic (exact) mass is 702 g/mol. The minimum atomic E-state index is 0.910. The molecule has 0 aliphatic heterocycles. The molecule has 0 aliphatic rings. The van der Waals surface area contributed by atoms with Crippen LogP contribution in [-0.2, 0) is 0 Å². The third kappa shape index (κ3) is 6.30. The van der Waals surface area contributed by atoms with Crippen LogP contribution < -0.4 is 0 Å². The molecule has 1 heterocycles. The minimum absolute atomic E-state index is 0.910. The van der Waals surface area contributed by atoms with Crippen LogP contribution in [0, 0.1) is 0 Å². The SMILES string of the molecule is C=Cc1ccccc1C(=C)c1ccc(-c2ccc(-c3nc4ccccc4n3-c3ccccc3)cc2)cccc(-c2cccc3ccccc23)c2ccccc12. The van der Waals surface area contributed by atoms with E-state index in [-0.39, 0.29) is 0 Å². The predicted octanol–water partition coefficient (Wildman–Crippen LogP) is 14.2. The van der Waals surface area contributed by atoms with E-state index in [1.165, 1.54) is 16.3 Å². The van der Waals surface area contributed by atoms with Gasteiger partial charge in [-0.3, -0.25) is 4.57 Å². The first-order valence-corrected chi connectivity index (χ1v) is 18.6. The maximum Gasteiger partial charge on any atom is 0.145 e. The highest BCUT2D eigenvalue weighted by Gasteiger charge is 2.15. The second-order valence-electron chi connectivity index (χ2n) is 13.7. The molecule has 2 nitrogen and oxygen atoms in total. The average molecular weight is 703 g/mol. The first-order chi connectivity index (χ1) is 27.2. The number of benzene rings is 7. The zero-order valence-electron chi connectivity index (χ0n) is 30.4. The van der Waals surface area contributed by atoms with E-state index < -0.39 is 0 Å². The topological polar surface area (TPSA) is 17.8 Å². The lowest BCUT2D eigenvalue weighted by Gasteiger charge is -2.14. The number of imidazole rings is 1. The quantitative estimate of drug-likeness (QED) is 0.162. The van der Waals surface area contributed by atoms with Crippen LogP contribution in [0.3, 0.4) is 0 Å². The smallest absolute Gasteiger partial charge is 0.145 e. The first-order valence-electron chi connectivity index (χ1n) is 18.6. The number of nitrogens with zero attached hydrogens (tertiary/aromatic N) is 2. The van der Waals surface area contributed by atoms with Gasteiger partial charge in [0.2, 0.25) is 0 Å². The summed E-state index contributed by atoms with van der Waals surface area (Å²) in [5.74, 6) is 0.910. The van der Waals surface area contributed by atoms with Crippen molar-refractivity contribution in [3.63, 3.8) is 0 Å². The second-order valence-corrected chi connectivity index (χ2v) is 13.7. The van der Waals surface area contributed by atoms with Crippen molar-refractivity contribution in [3.8, 4) is 39.3 Å². The molecule has 0 saturated heterocycles. The van der Waals surface area contributed by atoms with Crippen LogP contribution in [0.15, 0.2) is 213 Å². The lowest BCUT2D eigenvalue weighted by molar-refractivity contribution is 1.10. The minimum Gasteiger partial charge on any atom is -0.292 e. The van der Waals surface area contributed by atoms with Gasteiger partial charge in [0.1, 0.15) is 5.82 Å². The number of para-hydroxylation sites is 3. The van der Waals surface area contributed by atoms with Crippen LogP contribution in [0.25, 0.3) is 83.6 Å². The molecule has 0 radical (unpaired) electrons. The van der Waals surface area contributed by atoms with E-state index in [0.717, 1.165) is 77.8 Å². The molecule has 55 heavy (non-hydrogen) atoms. The van der Waals surface area contributed by atoms with Crippen molar-refractivity contribution in [2.75, 3.05) is 0 Å². The Bertz CT molecular complexity index is 2940. The largest absolute Gasteiger partial charge is 0.292 e. The summed E-state index contributed by atoms with van der Waals surface area (Å²) in [5.41, 5.74) is 12.8. The fraction of sp³-hybridized carbons (Fsp3) is 0. The molecule has 9 rings (SSSR count). The zero-order chi connectivity index (χ0) is 37.1. The Hall–Kier alpha value is -7.29. The molecule has 0 N–H and O–H groups in total. The van der Waals surface area contributed by atoms with Crippen LogP contribution >= 0.6 is 0 Å². The molecule has 0 unspecified atom stereocenters. The molecule has 2 heteroatoms. The summed E-state index contributed by atoms with van der Waals surface area (Å²) < 4.78 is 2.24. The van der Waals surface area contributed by atoms with Crippen molar-refractivity contribution in [1.82, 2.24) is 9.55 Å². The van der Waals surface area contributed by atoms with Crippen molar-refractivity contribution in [1.29, 1.82) is 0 Å². The van der Waals surface area contributed by atoms with E-state index in [2.05, 4.69) is 193 Å². The summed E-state index contributed by atoms with van der Waals surface area (Å²) >= 11 is 0. The van der Waals surface area contributed by atoms with Crippen molar-refractivity contribution >= 4 is 44.2 Å². The summed E-state index contributed by atoms with van der Waals surface area (Å²) in [6.07, 6.45) is 1.91. The van der Waals surface area contributed by atoms with Crippen LogP contribution in [0.5, 0.6) is 0 Å². The highest BCUT2D eigenvalue weighted by atomic mass is 15.1. The Balaban J connectivity index is 1.26. The van der Waals surface area contributed by atoms with Crippen LogP contribution in [0.4, 0.5) is 0 Å². The number of hydrogen-bond donors (Lipinski definition) is 0. The van der Waals surface area contributed by atoms with Gasteiger partial charge in [0.25, 0.3) is 0 Å². The second kappa shape index (κ2) is 14.6. The molecule has 8 aromatic carbocycles. The molecular weight excluding hydrogens is 665 g/mol. The summed E-state index contributed by atoms with van der Waals surface area (Å²) in [5, 5.41) is 4.69. The molecule has 0 fully saturated rings. The molecular formula is C53H38N2. The van der Waals surface area contributed by atoms with Crippen molar-refractivity contribution in [2.24, 2.45) is 0 Å². The molecule has 0 atom stereocenters. The standard InChI is InChI=1S/C53H38N2/c1-3-38-17-7-9-23-44(38)37(2)45-36-35-39(19-15-28-50(49-26-12-11-25-47(45)49)48-27-16-20-41-18-8-10-24-46(41)48)40-31-33-42(34-32-40)53-54-51-29-13-14-30-52(51)55(53)43-21-5-4-6-22-43/h3-36H,1-2H2. The molecule has 0 bridgehead atoms. The van der Waals surface area contributed by atoms with Crippen molar-refractivity contribution < 1.29 is 0 Å². The first kappa shape index (κ1) is 33.5. The van der Waals surface area contributed by atoms with E-state index in [1.807, 2.05) is 24.3 Å². The molecule has 260 valence electrons. The fourth-order valence-corrected chi connectivity index (χ4v) is 7.72. The van der Waals surface area contributed by atoms with E-state index in [0.29, 0.717) is 0 Å². The van der Waals surface area contributed by atoms with Gasteiger partial charge in [0.15, 0.2) is 0 Å². The third-order valence-corrected chi connectivity index (χ3v) is 10.4. The lowest BCUT2D eigenvalue weighted by Crippen LogP contribution is -1.97. The molecule has 9 aromatic rings. The van der Waals surface area contributed by atoms with Crippen LogP contribution in [0.2, 0.25) is 0 Å². The van der Waals surface area contributed by atoms with Crippen molar-refractivity contribution in [3.05, 3.63) is 230 Å². The van der Waals surface area contributed by atoms with Crippen LogP contribution in [0.1, 0.15) is 16.7 Å². The predicted molar refractivity (Wildman–Crippen MR) is 235 cm³/mol. The van der Waals surface area contributed by atoms with Gasteiger partial charge in [-0.1, -0.05) is 195 Å². The molecule has 0 aliphatic carbocycles. The molecule has 0 spiro atoms. The van der Waals surface area contributed by atoms with Gasteiger partial charge in [-0.15, -0.1) is 0 Å². The summed E-state index contributed by atoms with van der Waals surface area (Å²) in [4.78, 5) is 5.10. The van der Waals surface area contributed by atoms with Crippen LogP contribution in [-0.4, -0.2) is 9.55 Å². The maximum absolute atomic E-state index is 5.10. The normalized spacial score (nSPS) is 11.1. The van der Waals surface area contributed by atoms with Gasteiger partial charge < -0.3 is 0 Å². The highest BCUT2D eigenvalue weighted by molar-refractivity contribution is 6.08. The Morgan fingerprint density at radius 1 is 0.455 bits per heavy atom. The number of fused-ring (bicyclic) bond motifs is 3. The Morgan fingerprint density at radius 3 is 1.85 bits per heavy atom. The van der Waals surface area contributed by atoms with Gasteiger partial charge in [-0.2, -0.15) is 0 Å². The van der Waals surface area contributed by atoms with E-state index in [1.54, 1.807) is 0 Å². The van der Waals surface area contributed by atoms with Gasteiger partial charge >= 0.3 is 0 Å². The summed E-state index contributed by atoms with van der Waals surface area (Å²) in [6, 6.07) is 70.8. The van der Waals surface area contributed by atoms with Crippen molar-refractivity contribution in [2.45, 2.75) is 0 Å². The van der Waals surface area contributed by atoms with Gasteiger partial charge in [-0.25, -0.2) is 4.98 Å². The lowest BCUT2D eigenvalue weighted by atomic mass is 9.89. The summed E-state index contributed by atoms with van der Waals surface area (Å²) in [6.45, 7) is 8.86.